The third kappa shape index (κ3) is 3.06. The Hall–Kier alpha value is -2.58. The van der Waals surface area contributed by atoms with Crippen LogP contribution in [0.2, 0.25) is 0 Å². The summed E-state index contributed by atoms with van der Waals surface area (Å²) in [5.41, 5.74) is 1.54. The molecule has 2 atom stereocenters. The highest BCUT2D eigenvalue weighted by Crippen LogP contribution is 2.36. The number of aliphatic hydroxyl groups excluding tert-OH is 1. The topological polar surface area (TPSA) is 95.3 Å². The van der Waals surface area contributed by atoms with Crippen molar-refractivity contribution in [2.24, 2.45) is 0 Å². The first-order valence-corrected chi connectivity index (χ1v) is 8.01. The molecule has 0 aliphatic rings. The summed E-state index contributed by atoms with van der Waals surface area (Å²) >= 11 is 1.38. The zero-order chi connectivity index (χ0) is 17.3. The summed E-state index contributed by atoms with van der Waals surface area (Å²) in [6.07, 6.45) is 0.219. The molecule has 0 fully saturated rings. The Morgan fingerprint density at radius 3 is 2.62 bits per heavy atom. The predicted molar refractivity (Wildman–Crippen MR) is 89.5 cm³/mol. The van der Waals surface area contributed by atoms with E-state index >= 15 is 0 Å². The van der Waals surface area contributed by atoms with Crippen molar-refractivity contribution in [3.8, 4) is 11.1 Å². The van der Waals surface area contributed by atoms with Crippen LogP contribution in [0.25, 0.3) is 21.3 Å². The minimum Gasteiger partial charge on any atom is -0.480 e. The summed E-state index contributed by atoms with van der Waals surface area (Å²) in [5.74, 6) is -1.21. The van der Waals surface area contributed by atoms with Crippen molar-refractivity contribution in [1.29, 1.82) is 0 Å². The van der Waals surface area contributed by atoms with Crippen LogP contribution in [0.15, 0.2) is 36.0 Å². The summed E-state index contributed by atoms with van der Waals surface area (Å²) in [5, 5.41) is 24.2. The van der Waals surface area contributed by atoms with Crippen LogP contribution in [0.4, 0.5) is 10.2 Å². The van der Waals surface area contributed by atoms with Gasteiger partial charge in [0.25, 0.3) is 0 Å². The van der Waals surface area contributed by atoms with E-state index in [0.29, 0.717) is 16.0 Å². The largest absolute Gasteiger partial charge is 0.480 e. The van der Waals surface area contributed by atoms with Gasteiger partial charge in [-0.1, -0.05) is 12.1 Å². The van der Waals surface area contributed by atoms with E-state index in [9.17, 15) is 19.4 Å². The summed E-state index contributed by atoms with van der Waals surface area (Å²) < 4.78 is 13.1. The van der Waals surface area contributed by atoms with Crippen LogP contribution in [-0.4, -0.2) is 38.3 Å². The molecule has 0 spiro atoms. The average Bonchev–Trinajstić information content (AvgIpc) is 2.97. The number of nitrogens with zero attached hydrogens (tertiary/aromatic N) is 2. The van der Waals surface area contributed by atoms with Crippen molar-refractivity contribution < 1.29 is 19.4 Å². The highest BCUT2D eigenvalue weighted by molar-refractivity contribution is 7.17. The maximum Gasteiger partial charge on any atom is 0.328 e. The van der Waals surface area contributed by atoms with Gasteiger partial charge < -0.3 is 15.5 Å². The number of aromatic nitrogens is 2. The van der Waals surface area contributed by atoms with E-state index in [1.165, 1.54) is 36.7 Å². The number of thiophene rings is 1. The fourth-order valence-corrected chi connectivity index (χ4v) is 3.28. The van der Waals surface area contributed by atoms with Gasteiger partial charge in [-0.2, -0.15) is 0 Å². The summed E-state index contributed by atoms with van der Waals surface area (Å²) in [6, 6.07) is 4.77. The monoisotopic (exact) mass is 347 g/mol. The summed E-state index contributed by atoms with van der Waals surface area (Å²) in [6.45, 7) is 1.39. The van der Waals surface area contributed by atoms with Crippen LogP contribution in [-0.2, 0) is 4.79 Å². The van der Waals surface area contributed by atoms with Crippen molar-refractivity contribution in [2.45, 2.75) is 19.1 Å². The molecule has 2 heterocycles. The first-order valence-electron chi connectivity index (χ1n) is 7.13. The minimum absolute atomic E-state index is 0.314. The Morgan fingerprint density at radius 1 is 1.29 bits per heavy atom. The lowest BCUT2D eigenvalue weighted by molar-refractivity contribution is -0.140. The Labute approximate surface area is 140 Å². The third-order valence-electron chi connectivity index (χ3n) is 3.57. The van der Waals surface area contributed by atoms with E-state index in [1.54, 1.807) is 12.1 Å². The number of nitrogens with one attached hydrogen (secondary N) is 1. The number of benzene rings is 1. The van der Waals surface area contributed by atoms with Crippen LogP contribution in [0.3, 0.4) is 0 Å². The fraction of sp³-hybridized carbons (Fsp3) is 0.188. The molecule has 0 bridgehead atoms. The molecule has 2 aromatic heterocycles. The van der Waals surface area contributed by atoms with E-state index in [-0.39, 0.29) is 5.82 Å². The van der Waals surface area contributed by atoms with Crippen molar-refractivity contribution in [3.63, 3.8) is 0 Å². The number of carbonyl (C=O) groups is 1. The molecule has 8 heteroatoms. The van der Waals surface area contributed by atoms with E-state index < -0.39 is 18.1 Å². The number of carboxylic acid groups (broad SMARTS) is 1. The standard InChI is InChI=1S/C16H14FN3O3S/c1-8(21)13(16(22)23)20-14-12-11(6-24-15(12)19-7-18-14)9-2-4-10(17)5-3-9/h2-8,13,21H,1H3,(H,22,23)(H,18,19,20). The number of carboxylic acids is 1. The number of anilines is 1. The van der Waals surface area contributed by atoms with Gasteiger partial charge in [0.05, 0.1) is 11.5 Å². The molecule has 0 saturated carbocycles. The maximum atomic E-state index is 13.1. The molecule has 3 N–H and O–H groups in total. The zero-order valence-corrected chi connectivity index (χ0v) is 13.4. The van der Waals surface area contributed by atoms with Gasteiger partial charge in [-0.15, -0.1) is 11.3 Å². The number of aliphatic hydroxyl groups is 1. The zero-order valence-electron chi connectivity index (χ0n) is 12.6. The normalized spacial score (nSPS) is 13.6. The van der Waals surface area contributed by atoms with Crippen LogP contribution in [0.5, 0.6) is 0 Å². The molecule has 3 aromatic rings. The summed E-state index contributed by atoms with van der Waals surface area (Å²) in [4.78, 5) is 20.3. The van der Waals surface area contributed by atoms with Crippen LogP contribution in [0, 0.1) is 5.82 Å². The molecule has 0 aliphatic carbocycles. The Bertz CT molecular complexity index is 880. The van der Waals surface area contributed by atoms with Crippen molar-refractivity contribution in [1.82, 2.24) is 9.97 Å². The maximum absolute atomic E-state index is 13.1. The second-order valence-corrected chi connectivity index (χ2v) is 6.12. The van der Waals surface area contributed by atoms with Gasteiger partial charge in [0.1, 0.15) is 22.8 Å². The molecule has 0 amide bonds. The second-order valence-electron chi connectivity index (χ2n) is 5.26. The molecule has 24 heavy (non-hydrogen) atoms. The van der Waals surface area contributed by atoms with Crippen LogP contribution < -0.4 is 5.32 Å². The minimum atomic E-state index is -1.20. The molecule has 0 aliphatic heterocycles. The van der Waals surface area contributed by atoms with Crippen molar-refractivity contribution >= 4 is 33.3 Å². The highest BCUT2D eigenvalue weighted by atomic mass is 32.1. The van der Waals surface area contributed by atoms with Gasteiger partial charge in [0.2, 0.25) is 0 Å². The van der Waals surface area contributed by atoms with E-state index in [4.69, 9.17) is 0 Å². The number of fused-ring (bicyclic) bond motifs is 1. The van der Waals surface area contributed by atoms with Gasteiger partial charge in [-0.05, 0) is 24.6 Å². The number of halogens is 1. The molecule has 1 aromatic carbocycles. The first-order chi connectivity index (χ1) is 11.5. The fourth-order valence-electron chi connectivity index (χ4n) is 2.36. The van der Waals surface area contributed by atoms with Gasteiger partial charge in [-0.3, -0.25) is 0 Å². The quantitative estimate of drug-likeness (QED) is 0.657. The van der Waals surface area contributed by atoms with E-state index in [2.05, 4.69) is 15.3 Å². The third-order valence-corrected chi connectivity index (χ3v) is 4.45. The lowest BCUT2D eigenvalue weighted by atomic mass is 10.1. The highest BCUT2D eigenvalue weighted by Gasteiger charge is 2.25. The number of aliphatic carboxylic acids is 1. The Balaban J connectivity index is 2.10. The lowest BCUT2D eigenvalue weighted by Gasteiger charge is -2.18. The van der Waals surface area contributed by atoms with Gasteiger partial charge in [0, 0.05) is 10.9 Å². The molecule has 6 nitrogen and oxygen atoms in total. The first kappa shape index (κ1) is 16.3. The predicted octanol–water partition coefficient (Wildman–Crippen LogP) is 2.74. The molecule has 2 unspecified atom stereocenters. The van der Waals surface area contributed by atoms with Crippen LogP contribution >= 0.6 is 11.3 Å². The van der Waals surface area contributed by atoms with Gasteiger partial charge in [-0.25, -0.2) is 19.2 Å². The SMILES string of the molecule is CC(O)C(Nc1ncnc2scc(-c3ccc(F)cc3)c12)C(=O)O. The van der Waals surface area contributed by atoms with Gasteiger partial charge >= 0.3 is 5.97 Å². The van der Waals surface area contributed by atoms with E-state index in [1.807, 2.05) is 5.38 Å². The number of rotatable bonds is 5. The van der Waals surface area contributed by atoms with Crippen molar-refractivity contribution in [3.05, 3.63) is 41.8 Å². The van der Waals surface area contributed by atoms with Gasteiger partial charge in [0.15, 0.2) is 6.04 Å². The molecule has 124 valence electrons. The summed E-state index contributed by atoms with van der Waals surface area (Å²) in [7, 11) is 0. The molecule has 0 radical (unpaired) electrons. The number of hydrogen-bond donors (Lipinski definition) is 3. The smallest absolute Gasteiger partial charge is 0.328 e. The molecular formula is C16H14FN3O3S. The molecule has 3 rings (SSSR count). The second kappa shape index (κ2) is 6.50. The van der Waals surface area contributed by atoms with E-state index in [0.717, 1.165) is 11.1 Å². The van der Waals surface area contributed by atoms with Crippen LogP contribution in [0.1, 0.15) is 6.92 Å². The molecule has 0 saturated heterocycles. The number of hydrogen-bond acceptors (Lipinski definition) is 6. The average molecular weight is 347 g/mol. The van der Waals surface area contributed by atoms with Crippen molar-refractivity contribution in [2.75, 3.05) is 5.32 Å². The Morgan fingerprint density at radius 2 is 2.00 bits per heavy atom. The Kier molecular flexibility index (Phi) is 4.41. The molecular weight excluding hydrogens is 333 g/mol. The lowest BCUT2D eigenvalue weighted by Crippen LogP contribution is -2.39.